The maximum atomic E-state index is 10.4. The number of aliphatic hydroxyl groups excluding tert-OH is 1. The maximum Gasteiger partial charge on any atom is 0.326 e. The molecule has 0 heterocycles. The van der Waals surface area contributed by atoms with E-state index in [4.69, 9.17) is 22.4 Å². The van der Waals surface area contributed by atoms with Crippen LogP contribution in [0.15, 0.2) is 0 Å². The maximum absolute atomic E-state index is 10.4. The van der Waals surface area contributed by atoms with Crippen molar-refractivity contribution in [2.75, 3.05) is 7.11 Å². The second kappa shape index (κ2) is 3.66. The van der Waals surface area contributed by atoms with Gasteiger partial charge in [-0.1, -0.05) is 11.6 Å². The first-order valence-electron chi connectivity index (χ1n) is 2.25. The molecule has 0 aromatic heterocycles. The van der Waals surface area contributed by atoms with Gasteiger partial charge in [0.05, 0.1) is 7.11 Å². The highest BCUT2D eigenvalue weighted by Gasteiger charge is 2.20. The molecule has 0 rings (SSSR count). The Balaban J connectivity index is 3.72. The Kier molecular flexibility index (Phi) is 3.53. The highest BCUT2D eigenvalue weighted by molar-refractivity contribution is 6.21. The normalized spacial score (nSPS) is 16.4. The number of ether oxygens (including phenoxy) is 1. The molecule has 0 aromatic carbocycles. The lowest BCUT2D eigenvalue weighted by molar-refractivity contribution is -0.143. The summed E-state index contributed by atoms with van der Waals surface area (Å²) in [7, 11) is 1.17. The Morgan fingerprint density at radius 1 is 1.89 bits per heavy atom. The average Bonchev–Trinajstić information content (AvgIpc) is 1.84. The molecule has 0 aliphatic rings. The summed E-state index contributed by atoms with van der Waals surface area (Å²) in [5, 5.41) is 8.46. The molecule has 54 valence electrons. The number of halogens is 1. The zero-order valence-corrected chi connectivity index (χ0v) is 5.63. The topological polar surface area (TPSA) is 72.5 Å². The summed E-state index contributed by atoms with van der Waals surface area (Å²) in [6.45, 7) is 0. The van der Waals surface area contributed by atoms with Gasteiger partial charge in [-0.25, -0.2) is 0 Å². The molecule has 2 atom stereocenters. The first kappa shape index (κ1) is 8.68. The first-order chi connectivity index (χ1) is 4.09. The predicted octanol–water partition coefficient (Wildman–Crippen LogP) is -0.956. The Morgan fingerprint density at radius 3 is 2.44 bits per heavy atom. The van der Waals surface area contributed by atoms with Gasteiger partial charge in [0.1, 0.15) is 6.04 Å². The molecule has 0 aliphatic heterocycles. The van der Waals surface area contributed by atoms with Crippen LogP contribution in [-0.4, -0.2) is 29.8 Å². The SMILES string of the molecule is COC(=O)C(N)C(O)Cl. The zero-order chi connectivity index (χ0) is 7.44. The highest BCUT2D eigenvalue weighted by atomic mass is 35.5. The Hall–Kier alpha value is -0.320. The number of hydrogen-bond acceptors (Lipinski definition) is 4. The summed E-state index contributed by atoms with van der Waals surface area (Å²) in [4.78, 5) is 10.4. The standard InChI is InChI=1S/C4H8ClNO3/c1-9-4(8)2(6)3(5)7/h2-3,7H,6H2,1H3. The summed E-state index contributed by atoms with van der Waals surface area (Å²) in [6, 6.07) is -1.16. The Bertz CT molecular complexity index is 106. The van der Waals surface area contributed by atoms with Gasteiger partial charge in [0.25, 0.3) is 0 Å². The van der Waals surface area contributed by atoms with Crippen LogP contribution >= 0.6 is 11.6 Å². The van der Waals surface area contributed by atoms with Crippen LogP contribution in [0.5, 0.6) is 0 Å². The molecule has 0 spiro atoms. The number of nitrogens with two attached hydrogens (primary N) is 1. The van der Waals surface area contributed by atoms with E-state index >= 15 is 0 Å². The van der Waals surface area contributed by atoms with E-state index in [0.29, 0.717) is 0 Å². The number of carbonyl (C=O) groups excluding carboxylic acids is 1. The van der Waals surface area contributed by atoms with Crippen molar-refractivity contribution in [3.05, 3.63) is 0 Å². The summed E-state index contributed by atoms with van der Waals surface area (Å²) in [5.74, 6) is -0.725. The fourth-order valence-corrected chi connectivity index (χ4v) is 0.351. The second-order valence-electron chi connectivity index (χ2n) is 1.42. The number of hydrogen-bond donors (Lipinski definition) is 2. The number of alkyl halides is 1. The molecule has 0 amide bonds. The third kappa shape index (κ3) is 2.64. The minimum atomic E-state index is -1.38. The van der Waals surface area contributed by atoms with Crippen molar-refractivity contribution in [2.24, 2.45) is 5.73 Å². The smallest absolute Gasteiger partial charge is 0.326 e. The molecule has 0 aromatic rings. The van der Waals surface area contributed by atoms with Crippen LogP contribution in [0, 0.1) is 0 Å². The van der Waals surface area contributed by atoms with Crippen molar-refractivity contribution in [1.82, 2.24) is 0 Å². The number of rotatable bonds is 2. The van der Waals surface area contributed by atoms with E-state index in [-0.39, 0.29) is 0 Å². The summed E-state index contributed by atoms with van der Waals surface area (Å²) < 4.78 is 4.16. The van der Waals surface area contributed by atoms with Crippen molar-refractivity contribution < 1.29 is 14.6 Å². The third-order valence-corrected chi connectivity index (χ3v) is 1.04. The molecule has 0 bridgehead atoms. The van der Waals surface area contributed by atoms with E-state index in [2.05, 4.69) is 4.74 Å². The van der Waals surface area contributed by atoms with Crippen LogP contribution in [0.4, 0.5) is 0 Å². The van der Waals surface area contributed by atoms with Crippen molar-refractivity contribution in [3.8, 4) is 0 Å². The lowest BCUT2D eigenvalue weighted by Gasteiger charge is -2.08. The quantitative estimate of drug-likeness (QED) is 0.396. The van der Waals surface area contributed by atoms with Gasteiger partial charge in [0.2, 0.25) is 0 Å². The molecule has 2 unspecified atom stereocenters. The number of aliphatic hydroxyl groups is 1. The van der Waals surface area contributed by atoms with E-state index in [1.165, 1.54) is 7.11 Å². The van der Waals surface area contributed by atoms with Crippen molar-refractivity contribution in [2.45, 2.75) is 11.6 Å². The molecule has 3 N–H and O–H groups in total. The van der Waals surface area contributed by atoms with Crippen LogP contribution in [0.25, 0.3) is 0 Å². The average molecular weight is 154 g/mol. The minimum absolute atomic E-state index is 0.725. The van der Waals surface area contributed by atoms with Gasteiger partial charge in [0.15, 0.2) is 5.56 Å². The molecule has 5 heteroatoms. The van der Waals surface area contributed by atoms with Crippen molar-refractivity contribution in [1.29, 1.82) is 0 Å². The molecular formula is C4H8ClNO3. The summed E-state index contributed by atoms with van der Waals surface area (Å²) >= 11 is 5.03. The molecule has 0 saturated heterocycles. The van der Waals surface area contributed by atoms with Gasteiger partial charge >= 0.3 is 5.97 Å². The number of esters is 1. The van der Waals surface area contributed by atoms with E-state index in [9.17, 15) is 4.79 Å². The second-order valence-corrected chi connectivity index (χ2v) is 1.87. The van der Waals surface area contributed by atoms with Gasteiger partial charge < -0.3 is 15.6 Å². The van der Waals surface area contributed by atoms with E-state index in [1.54, 1.807) is 0 Å². The van der Waals surface area contributed by atoms with Crippen LogP contribution in [0.1, 0.15) is 0 Å². The minimum Gasteiger partial charge on any atom is -0.468 e. The Labute approximate surface area is 57.5 Å². The van der Waals surface area contributed by atoms with E-state index in [0.717, 1.165) is 0 Å². The highest BCUT2D eigenvalue weighted by Crippen LogP contribution is 1.96. The zero-order valence-electron chi connectivity index (χ0n) is 4.87. The third-order valence-electron chi connectivity index (χ3n) is 0.770. The molecule has 0 radical (unpaired) electrons. The molecule has 9 heavy (non-hydrogen) atoms. The summed E-state index contributed by atoms with van der Waals surface area (Å²) in [6.07, 6.45) is 0. The molecule has 0 fully saturated rings. The molecular weight excluding hydrogens is 146 g/mol. The van der Waals surface area contributed by atoms with Gasteiger partial charge in [-0.2, -0.15) is 0 Å². The van der Waals surface area contributed by atoms with Gasteiger partial charge in [-0.3, -0.25) is 4.79 Å². The first-order valence-corrected chi connectivity index (χ1v) is 2.68. The fraction of sp³-hybridized carbons (Fsp3) is 0.750. The predicted molar refractivity (Wildman–Crippen MR) is 31.9 cm³/mol. The lowest BCUT2D eigenvalue weighted by atomic mass is 10.3. The van der Waals surface area contributed by atoms with Crippen LogP contribution in [0.3, 0.4) is 0 Å². The monoisotopic (exact) mass is 153 g/mol. The van der Waals surface area contributed by atoms with Gasteiger partial charge in [-0.15, -0.1) is 0 Å². The summed E-state index contributed by atoms with van der Waals surface area (Å²) in [5.41, 5.74) is 3.64. The number of methoxy groups -OCH3 is 1. The van der Waals surface area contributed by atoms with Crippen molar-refractivity contribution in [3.63, 3.8) is 0 Å². The molecule has 0 saturated carbocycles. The molecule has 0 aliphatic carbocycles. The Morgan fingerprint density at radius 2 is 2.33 bits per heavy atom. The van der Waals surface area contributed by atoms with Gasteiger partial charge in [-0.05, 0) is 0 Å². The van der Waals surface area contributed by atoms with Crippen molar-refractivity contribution >= 4 is 17.6 Å². The molecule has 4 nitrogen and oxygen atoms in total. The van der Waals surface area contributed by atoms with Crippen LogP contribution < -0.4 is 5.73 Å². The fourth-order valence-electron chi connectivity index (χ4n) is 0.248. The largest absolute Gasteiger partial charge is 0.468 e. The number of carbonyl (C=O) groups is 1. The van der Waals surface area contributed by atoms with Crippen LogP contribution in [-0.2, 0) is 9.53 Å². The van der Waals surface area contributed by atoms with E-state index < -0.39 is 17.6 Å². The van der Waals surface area contributed by atoms with Crippen LogP contribution in [0.2, 0.25) is 0 Å². The lowest BCUT2D eigenvalue weighted by Crippen LogP contribution is -2.39. The van der Waals surface area contributed by atoms with Gasteiger partial charge in [0, 0.05) is 0 Å². The van der Waals surface area contributed by atoms with E-state index in [1.807, 2.05) is 0 Å².